The monoisotopic (exact) mass is 271 g/mol. The molecular formula is C15H17N3O2. The fourth-order valence-corrected chi connectivity index (χ4v) is 2.17. The van der Waals surface area contributed by atoms with Crippen LogP contribution in [0.2, 0.25) is 0 Å². The fraction of sp³-hybridized carbons (Fsp3) is 0.333. The minimum atomic E-state index is -0.0479. The van der Waals surface area contributed by atoms with Crippen molar-refractivity contribution in [1.82, 2.24) is 10.1 Å². The van der Waals surface area contributed by atoms with Crippen LogP contribution in [-0.4, -0.2) is 17.3 Å². The van der Waals surface area contributed by atoms with Gasteiger partial charge in [-0.1, -0.05) is 17.3 Å². The summed E-state index contributed by atoms with van der Waals surface area (Å²) in [6.07, 6.45) is 5.97. The number of hydrogen-bond acceptors (Lipinski definition) is 5. The van der Waals surface area contributed by atoms with Crippen LogP contribution in [-0.2, 0) is 4.74 Å². The fourth-order valence-electron chi connectivity index (χ4n) is 2.17. The first kappa shape index (κ1) is 12.9. The van der Waals surface area contributed by atoms with Crippen LogP contribution in [0.3, 0.4) is 0 Å². The van der Waals surface area contributed by atoms with Crippen molar-refractivity contribution in [2.24, 2.45) is 5.92 Å². The molecule has 1 saturated carbocycles. The zero-order chi connectivity index (χ0) is 13.9. The van der Waals surface area contributed by atoms with Gasteiger partial charge in [0.1, 0.15) is 6.10 Å². The highest BCUT2D eigenvalue weighted by Gasteiger charge is 2.35. The van der Waals surface area contributed by atoms with Crippen molar-refractivity contribution in [2.75, 3.05) is 12.8 Å². The van der Waals surface area contributed by atoms with Crippen molar-refractivity contribution in [3.63, 3.8) is 0 Å². The maximum absolute atomic E-state index is 5.73. The summed E-state index contributed by atoms with van der Waals surface area (Å²) < 4.78 is 10.6. The van der Waals surface area contributed by atoms with Crippen molar-refractivity contribution < 1.29 is 9.26 Å². The number of hydrogen-bond donors (Lipinski definition) is 1. The van der Waals surface area contributed by atoms with Gasteiger partial charge in [0.2, 0.25) is 5.82 Å². The smallest absolute Gasteiger partial charge is 0.250 e. The van der Waals surface area contributed by atoms with Crippen molar-refractivity contribution in [3.05, 3.63) is 41.5 Å². The second-order valence-electron chi connectivity index (χ2n) is 4.99. The number of benzene rings is 1. The third kappa shape index (κ3) is 2.88. The minimum Gasteiger partial charge on any atom is -0.399 e. The standard InChI is InChI=1S/C15H17N3O2/c1-19-14(11-6-7-11)15-17-13(20-18-15)8-5-10-3-2-4-12(16)9-10/h2-5,8-9,11,14H,6-7,16H2,1H3/b8-5+. The van der Waals surface area contributed by atoms with Crippen LogP contribution in [0.5, 0.6) is 0 Å². The molecule has 1 unspecified atom stereocenters. The Bertz CT molecular complexity index is 617. The second-order valence-corrected chi connectivity index (χ2v) is 4.99. The molecule has 0 amide bonds. The van der Waals surface area contributed by atoms with E-state index >= 15 is 0 Å². The maximum atomic E-state index is 5.73. The number of anilines is 1. The molecule has 3 rings (SSSR count). The lowest BCUT2D eigenvalue weighted by Gasteiger charge is -2.07. The summed E-state index contributed by atoms with van der Waals surface area (Å²) in [6.45, 7) is 0. The Hall–Kier alpha value is -2.14. The molecule has 0 saturated heterocycles. The van der Waals surface area contributed by atoms with E-state index < -0.39 is 0 Å². The minimum absolute atomic E-state index is 0.0479. The van der Waals surface area contributed by atoms with Crippen LogP contribution in [0, 0.1) is 5.92 Å². The molecule has 2 N–H and O–H groups in total. The van der Waals surface area contributed by atoms with Gasteiger partial charge >= 0.3 is 0 Å². The van der Waals surface area contributed by atoms with Gasteiger partial charge in [-0.05, 0) is 42.5 Å². The van der Waals surface area contributed by atoms with E-state index in [1.807, 2.05) is 30.3 Å². The predicted octanol–water partition coefficient (Wildman–Crippen LogP) is 2.92. The molecule has 1 aliphatic rings. The third-order valence-corrected chi connectivity index (χ3v) is 3.35. The van der Waals surface area contributed by atoms with Gasteiger partial charge in [0.15, 0.2) is 0 Å². The molecule has 1 atom stereocenters. The number of rotatable bonds is 5. The number of nitrogen functional groups attached to an aromatic ring is 1. The molecule has 5 heteroatoms. The highest BCUT2D eigenvalue weighted by Crippen LogP contribution is 2.41. The molecule has 0 radical (unpaired) electrons. The molecule has 20 heavy (non-hydrogen) atoms. The Morgan fingerprint density at radius 2 is 2.25 bits per heavy atom. The van der Waals surface area contributed by atoms with E-state index in [0.717, 1.165) is 11.3 Å². The summed E-state index contributed by atoms with van der Waals surface area (Å²) in [5.41, 5.74) is 7.45. The first-order valence-electron chi connectivity index (χ1n) is 6.66. The Labute approximate surface area is 117 Å². The summed E-state index contributed by atoms with van der Waals surface area (Å²) in [5.74, 6) is 1.63. The van der Waals surface area contributed by atoms with Crippen molar-refractivity contribution >= 4 is 17.8 Å². The molecule has 5 nitrogen and oxygen atoms in total. The van der Waals surface area contributed by atoms with Gasteiger partial charge in [0, 0.05) is 18.9 Å². The summed E-state index contributed by atoms with van der Waals surface area (Å²) in [4.78, 5) is 4.36. The largest absolute Gasteiger partial charge is 0.399 e. The molecule has 1 heterocycles. The summed E-state index contributed by atoms with van der Waals surface area (Å²) in [7, 11) is 1.68. The predicted molar refractivity (Wildman–Crippen MR) is 76.6 cm³/mol. The highest BCUT2D eigenvalue weighted by molar-refractivity contribution is 5.67. The van der Waals surface area contributed by atoms with Crippen molar-refractivity contribution in [3.8, 4) is 0 Å². The van der Waals surface area contributed by atoms with Crippen LogP contribution in [0.25, 0.3) is 12.2 Å². The molecule has 1 aromatic heterocycles. The van der Waals surface area contributed by atoms with E-state index in [0.29, 0.717) is 17.6 Å². The highest BCUT2D eigenvalue weighted by atomic mass is 16.5. The first-order valence-corrected chi connectivity index (χ1v) is 6.66. The third-order valence-electron chi connectivity index (χ3n) is 3.35. The van der Waals surface area contributed by atoms with E-state index in [9.17, 15) is 0 Å². The Morgan fingerprint density at radius 3 is 2.95 bits per heavy atom. The first-order chi connectivity index (χ1) is 9.76. The van der Waals surface area contributed by atoms with E-state index in [4.69, 9.17) is 15.0 Å². The number of nitrogens with two attached hydrogens (primary N) is 1. The number of aromatic nitrogens is 2. The number of methoxy groups -OCH3 is 1. The van der Waals surface area contributed by atoms with Crippen LogP contribution in [0.1, 0.15) is 36.2 Å². The number of ether oxygens (including phenoxy) is 1. The van der Waals surface area contributed by atoms with E-state index in [2.05, 4.69) is 10.1 Å². The maximum Gasteiger partial charge on any atom is 0.250 e. The van der Waals surface area contributed by atoms with Gasteiger partial charge in [-0.3, -0.25) is 0 Å². The average molecular weight is 271 g/mol. The Balaban J connectivity index is 1.73. The van der Waals surface area contributed by atoms with Gasteiger partial charge < -0.3 is 15.0 Å². The molecule has 1 aromatic carbocycles. The lowest BCUT2D eigenvalue weighted by Crippen LogP contribution is -2.05. The van der Waals surface area contributed by atoms with E-state index in [1.165, 1.54) is 12.8 Å². The van der Waals surface area contributed by atoms with Crippen molar-refractivity contribution in [2.45, 2.75) is 18.9 Å². The van der Waals surface area contributed by atoms with Gasteiger partial charge in [0.25, 0.3) is 5.89 Å². The normalized spacial score (nSPS) is 16.6. The molecule has 1 fully saturated rings. The van der Waals surface area contributed by atoms with Crippen LogP contribution in [0.15, 0.2) is 28.8 Å². The summed E-state index contributed by atoms with van der Waals surface area (Å²) >= 11 is 0. The lowest BCUT2D eigenvalue weighted by molar-refractivity contribution is 0.0751. The molecule has 1 aliphatic carbocycles. The van der Waals surface area contributed by atoms with Crippen LogP contribution >= 0.6 is 0 Å². The summed E-state index contributed by atoms with van der Waals surface area (Å²) in [6, 6.07) is 7.60. The topological polar surface area (TPSA) is 74.2 Å². The quantitative estimate of drug-likeness (QED) is 0.846. The second kappa shape index (κ2) is 5.46. The van der Waals surface area contributed by atoms with Gasteiger partial charge in [0.05, 0.1) is 0 Å². The molecule has 2 aromatic rings. The zero-order valence-electron chi connectivity index (χ0n) is 11.3. The lowest BCUT2D eigenvalue weighted by atomic mass is 10.2. The molecule has 0 aliphatic heterocycles. The number of nitrogens with zero attached hydrogens (tertiary/aromatic N) is 2. The molecule has 0 bridgehead atoms. The van der Waals surface area contributed by atoms with E-state index in [-0.39, 0.29) is 6.10 Å². The Kier molecular flexibility index (Phi) is 3.52. The van der Waals surface area contributed by atoms with Gasteiger partial charge in [-0.25, -0.2) is 0 Å². The van der Waals surface area contributed by atoms with Crippen LogP contribution in [0.4, 0.5) is 5.69 Å². The van der Waals surface area contributed by atoms with Crippen molar-refractivity contribution in [1.29, 1.82) is 0 Å². The SMILES string of the molecule is COC(c1noc(/C=C/c2cccc(N)c2)n1)C1CC1. The molecule has 104 valence electrons. The zero-order valence-corrected chi connectivity index (χ0v) is 11.3. The van der Waals surface area contributed by atoms with E-state index in [1.54, 1.807) is 13.2 Å². The van der Waals surface area contributed by atoms with Gasteiger partial charge in [-0.15, -0.1) is 0 Å². The average Bonchev–Trinajstić information content (AvgIpc) is 3.16. The molecular weight excluding hydrogens is 254 g/mol. The summed E-state index contributed by atoms with van der Waals surface area (Å²) in [5, 5.41) is 3.99. The Morgan fingerprint density at radius 1 is 1.40 bits per heavy atom. The van der Waals surface area contributed by atoms with Crippen LogP contribution < -0.4 is 5.73 Å². The van der Waals surface area contributed by atoms with Gasteiger partial charge in [-0.2, -0.15) is 4.98 Å². The molecule has 0 spiro atoms.